The number of benzene rings is 2. The molecule has 2 aromatic carbocycles. The summed E-state index contributed by atoms with van der Waals surface area (Å²) >= 11 is 0. The van der Waals surface area contributed by atoms with Crippen molar-refractivity contribution in [1.82, 2.24) is 15.0 Å². The summed E-state index contributed by atoms with van der Waals surface area (Å²) < 4.78 is 0. The first kappa shape index (κ1) is 17.6. The van der Waals surface area contributed by atoms with E-state index in [1.54, 1.807) is 0 Å². The summed E-state index contributed by atoms with van der Waals surface area (Å²) in [6.45, 7) is 2.99. The summed E-state index contributed by atoms with van der Waals surface area (Å²) in [7, 11) is 0. The topological polar surface area (TPSA) is 78.0 Å². The third-order valence-corrected chi connectivity index (χ3v) is 4.16. The number of nitrogens with zero attached hydrogens (tertiary/aromatic N) is 5. The largest absolute Gasteiger partial charge is 0.395 e. The molecule has 0 fully saturated rings. The number of aliphatic hydroxyl groups is 1. The number of rotatable bonds is 7. The molecule has 0 aliphatic rings. The smallest absolute Gasteiger partial charge is 0.207 e. The van der Waals surface area contributed by atoms with Gasteiger partial charge in [0.25, 0.3) is 0 Å². The Morgan fingerprint density at radius 1 is 1.04 bits per heavy atom. The lowest BCUT2D eigenvalue weighted by Crippen LogP contribution is -2.27. The zero-order chi connectivity index (χ0) is 18.4. The maximum Gasteiger partial charge on any atom is 0.207 e. The zero-order valence-corrected chi connectivity index (χ0v) is 14.7. The van der Waals surface area contributed by atoms with E-state index in [0.29, 0.717) is 18.9 Å². The summed E-state index contributed by atoms with van der Waals surface area (Å²) in [5, 5.41) is 27.8. The van der Waals surface area contributed by atoms with Gasteiger partial charge in [-0.05, 0) is 29.7 Å². The van der Waals surface area contributed by atoms with Gasteiger partial charge in [0.15, 0.2) is 5.82 Å². The van der Waals surface area contributed by atoms with Crippen molar-refractivity contribution in [2.45, 2.75) is 19.9 Å². The van der Waals surface area contributed by atoms with E-state index in [1.165, 1.54) is 10.4 Å². The van der Waals surface area contributed by atoms with Gasteiger partial charge < -0.3 is 10.0 Å². The number of nitriles is 1. The molecule has 0 radical (unpaired) electrons. The van der Waals surface area contributed by atoms with E-state index in [0.717, 1.165) is 17.7 Å². The van der Waals surface area contributed by atoms with Crippen LogP contribution in [0.15, 0.2) is 54.6 Å². The average Bonchev–Trinajstić information content (AvgIpc) is 3.13. The van der Waals surface area contributed by atoms with Gasteiger partial charge in [0.1, 0.15) is 6.07 Å². The maximum absolute atomic E-state index is 9.49. The predicted octanol–water partition coefficient (Wildman–Crippen LogP) is 2.70. The minimum absolute atomic E-state index is 0.0320. The summed E-state index contributed by atoms with van der Waals surface area (Å²) in [4.78, 5) is 3.35. The molecule has 6 heteroatoms. The van der Waals surface area contributed by atoms with Gasteiger partial charge in [0.2, 0.25) is 5.69 Å². The van der Waals surface area contributed by atoms with Crippen molar-refractivity contribution in [1.29, 1.82) is 5.26 Å². The first-order valence-electron chi connectivity index (χ1n) is 8.61. The Kier molecular flexibility index (Phi) is 5.62. The summed E-state index contributed by atoms with van der Waals surface area (Å²) in [5.74, 6) is 0.477. The lowest BCUT2D eigenvalue weighted by Gasteiger charge is -2.21. The van der Waals surface area contributed by atoms with Gasteiger partial charge in [-0.15, -0.1) is 15.0 Å². The van der Waals surface area contributed by atoms with Crippen molar-refractivity contribution in [3.8, 4) is 11.8 Å². The van der Waals surface area contributed by atoms with Crippen LogP contribution in [0.4, 0.5) is 5.82 Å². The first-order valence-corrected chi connectivity index (χ1v) is 8.61. The Labute approximate surface area is 152 Å². The van der Waals surface area contributed by atoms with E-state index in [-0.39, 0.29) is 12.3 Å². The van der Waals surface area contributed by atoms with Crippen LogP contribution in [-0.4, -0.2) is 33.3 Å². The van der Waals surface area contributed by atoms with Crippen LogP contribution in [0.1, 0.15) is 23.7 Å². The molecule has 1 aromatic heterocycles. The van der Waals surface area contributed by atoms with Crippen molar-refractivity contribution in [3.05, 3.63) is 71.4 Å². The molecule has 0 aliphatic heterocycles. The number of aromatic nitrogens is 3. The second kappa shape index (κ2) is 8.28. The Hall–Kier alpha value is -3.17. The molecular weight excluding hydrogens is 326 g/mol. The van der Waals surface area contributed by atoms with Gasteiger partial charge in [-0.2, -0.15) is 5.26 Å². The van der Waals surface area contributed by atoms with E-state index in [2.05, 4.69) is 23.2 Å². The molecular formula is C20H21N5O. The highest BCUT2D eigenvalue weighted by molar-refractivity contribution is 5.51. The van der Waals surface area contributed by atoms with Crippen molar-refractivity contribution in [3.63, 3.8) is 0 Å². The van der Waals surface area contributed by atoms with Crippen molar-refractivity contribution in [2.24, 2.45) is 0 Å². The molecule has 0 saturated heterocycles. The average molecular weight is 347 g/mol. The fraction of sp³-hybridized carbons (Fsp3) is 0.250. The van der Waals surface area contributed by atoms with E-state index in [4.69, 9.17) is 0 Å². The second-order valence-electron chi connectivity index (χ2n) is 5.92. The van der Waals surface area contributed by atoms with Crippen LogP contribution in [0.5, 0.6) is 0 Å². The van der Waals surface area contributed by atoms with Crippen LogP contribution in [0.3, 0.4) is 0 Å². The molecule has 3 aromatic rings. The Bertz CT molecular complexity index is 881. The van der Waals surface area contributed by atoms with E-state index < -0.39 is 0 Å². The third-order valence-electron chi connectivity index (χ3n) is 4.16. The molecule has 26 heavy (non-hydrogen) atoms. The maximum atomic E-state index is 9.49. The van der Waals surface area contributed by atoms with Gasteiger partial charge in [-0.3, -0.25) is 0 Å². The van der Waals surface area contributed by atoms with Crippen LogP contribution in [0, 0.1) is 11.3 Å². The summed E-state index contributed by atoms with van der Waals surface area (Å²) in [5.41, 5.74) is 3.35. The van der Waals surface area contributed by atoms with Crippen LogP contribution in [-0.2, 0) is 13.0 Å². The Morgan fingerprint density at radius 2 is 1.77 bits per heavy atom. The molecule has 6 nitrogen and oxygen atoms in total. The standard InChI is InChI=1S/C20H21N5O/c1-2-16-8-10-18(11-9-16)25-22-19(14-21)20(23-25)24(12-13-26)15-17-6-4-3-5-7-17/h3-11,26H,2,12-13,15H2,1H3. The Morgan fingerprint density at radius 3 is 2.38 bits per heavy atom. The minimum atomic E-state index is -0.0320. The van der Waals surface area contributed by atoms with Gasteiger partial charge in [-0.25, -0.2) is 0 Å². The fourth-order valence-electron chi connectivity index (χ4n) is 2.75. The highest BCUT2D eigenvalue weighted by Gasteiger charge is 2.18. The number of aliphatic hydroxyl groups excluding tert-OH is 1. The number of anilines is 1. The quantitative estimate of drug-likeness (QED) is 0.711. The lowest BCUT2D eigenvalue weighted by atomic mass is 10.2. The molecule has 0 atom stereocenters. The fourth-order valence-corrected chi connectivity index (χ4v) is 2.75. The van der Waals surface area contributed by atoms with Gasteiger partial charge in [0, 0.05) is 13.1 Å². The second-order valence-corrected chi connectivity index (χ2v) is 5.92. The molecule has 1 N–H and O–H groups in total. The summed E-state index contributed by atoms with van der Waals surface area (Å²) in [6, 6.07) is 19.9. The van der Waals surface area contributed by atoms with E-state index >= 15 is 0 Å². The molecule has 0 bridgehead atoms. The molecule has 0 aliphatic carbocycles. The van der Waals surface area contributed by atoms with E-state index in [9.17, 15) is 10.4 Å². The van der Waals surface area contributed by atoms with Crippen molar-refractivity contribution in [2.75, 3.05) is 18.1 Å². The number of aryl methyl sites for hydroxylation is 1. The molecule has 0 unspecified atom stereocenters. The molecule has 132 valence electrons. The van der Waals surface area contributed by atoms with Crippen LogP contribution in [0.25, 0.3) is 5.69 Å². The van der Waals surface area contributed by atoms with Gasteiger partial charge >= 0.3 is 0 Å². The van der Waals surface area contributed by atoms with Gasteiger partial charge in [-0.1, -0.05) is 49.4 Å². The summed E-state index contributed by atoms with van der Waals surface area (Å²) in [6.07, 6.45) is 0.961. The lowest BCUT2D eigenvalue weighted by molar-refractivity contribution is 0.301. The molecule has 0 saturated carbocycles. The Balaban J connectivity index is 1.93. The number of hydrogen-bond acceptors (Lipinski definition) is 5. The zero-order valence-electron chi connectivity index (χ0n) is 14.7. The normalized spacial score (nSPS) is 10.5. The highest BCUT2D eigenvalue weighted by atomic mass is 16.3. The third kappa shape index (κ3) is 3.90. The predicted molar refractivity (Wildman–Crippen MR) is 100 cm³/mol. The first-order chi connectivity index (χ1) is 12.7. The SMILES string of the molecule is CCc1ccc(-n2nc(C#N)c(N(CCO)Cc3ccccc3)n2)cc1. The highest BCUT2D eigenvalue weighted by Crippen LogP contribution is 2.20. The monoisotopic (exact) mass is 347 g/mol. The van der Waals surface area contributed by atoms with Gasteiger partial charge in [0.05, 0.1) is 12.3 Å². The van der Waals surface area contributed by atoms with Crippen LogP contribution >= 0.6 is 0 Å². The van der Waals surface area contributed by atoms with Crippen LogP contribution < -0.4 is 4.90 Å². The van der Waals surface area contributed by atoms with Crippen molar-refractivity contribution < 1.29 is 5.11 Å². The van der Waals surface area contributed by atoms with Crippen LogP contribution in [0.2, 0.25) is 0 Å². The molecule has 0 amide bonds. The molecule has 0 spiro atoms. The minimum Gasteiger partial charge on any atom is -0.395 e. The van der Waals surface area contributed by atoms with E-state index in [1.807, 2.05) is 59.5 Å². The molecule has 3 rings (SSSR count). The molecule has 1 heterocycles. The number of hydrogen-bond donors (Lipinski definition) is 1. The van der Waals surface area contributed by atoms with Crippen molar-refractivity contribution >= 4 is 5.82 Å².